The first kappa shape index (κ1) is 12.8. The van der Waals surface area contributed by atoms with Crippen LogP contribution in [0.2, 0.25) is 0 Å². The van der Waals surface area contributed by atoms with Gasteiger partial charge in [-0.1, -0.05) is 0 Å². The van der Waals surface area contributed by atoms with E-state index < -0.39 is 11.5 Å². The van der Waals surface area contributed by atoms with Crippen LogP contribution >= 0.6 is 0 Å². The molecule has 2 N–H and O–H groups in total. The Morgan fingerprint density at radius 3 is 2.71 bits per heavy atom. The number of hydrogen-bond donors (Lipinski definition) is 2. The molecule has 0 aliphatic carbocycles. The number of morpholine rings is 1. The summed E-state index contributed by atoms with van der Waals surface area (Å²) in [6.07, 6.45) is 3.56. The number of piperidine rings is 1. The highest BCUT2D eigenvalue weighted by Crippen LogP contribution is 2.23. The summed E-state index contributed by atoms with van der Waals surface area (Å²) in [5, 5.41) is 12.6. The molecular weight excluding hydrogens is 220 g/mol. The molecule has 2 aliphatic rings. The van der Waals surface area contributed by atoms with Gasteiger partial charge in [0.2, 0.25) is 0 Å². The minimum atomic E-state index is -0.689. The smallest absolute Gasteiger partial charge is 0.323 e. The third-order valence-corrected chi connectivity index (χ3v) is 3.86. The zero-order valence-electron chi connectivity index (χ0n) is 10.3. The van der Waals surface area contributed by atoms with Crippen molar-refractivity contribution < 1.29 is 14.6 Å². The van der Waals surface area contributed by atoms with Gasteiger partial charge in [-0.2, -0.15) is 0 Å². The Hall–Kier alpha value is -0.650. The topological polar surface area (TPSA) is 61.8 Å². The number of carboxylic acids is 1. The van der Waals surface area contributed by atoms with Crippen LogP contribution in [-0.2, 0) is 9.53 Å². The molecule has 0 aromatic heterocycles. The quantitative estimate of drug-likeness (QED) is 0.742. The summed E-state index contributed by atoms with van der Waals surface area (Å²) in [5.41, 5.74) is -0.684. The van der Waals surface area contributed by atoms with Gasteiger partial charge in [-0.3, -0.25) is 9.69 Å². The van der Waals surface area contributed by atoms with Crippen molar-refractivity contribution in [2.24, 2.45) is 0 Å². The molecule has 17 heavy (non-hydrogen) atoms. The molecule has 2 aliphatic heterocycles. The molecule has 5 nitrogen and oxygen atoms in total. The molecule has 0 saturated carbocycles. The highest BCUT2D eigenvalue weighted by molar-refractivity contribution is 5.78. The first-order valence-corrected chi connectivity index (χ1v) is 6.51. The fourth-order valence-electron chi connectivity index (χ4n) is 2.64. The second-order valence-corrected chi connectivity index (χ2v) is 4.98. The van der Waals surface area contributed by atoms with Gasteiger partial charge in [0.1, 0.15) is 5.54 Å². The van der Waals surface area contributed by atoms with E-state index in [1.165, 1.54) is 0 Å². The Morgan fingerprint density at radius 1 is 1.35 bits per heavy atom. The molecule has 5 heteroatoms. The van der Waals surface area contributed by atoms with Gasteiger partial charge >= 0.3 is 5.97 Å². The van der Waals surface area contributed by atoms with Crippen LogP contribution in [-0.4, -0.2) is 60.9 Å². The summed E-state index contributed by atoms with van der Waals surface area (Å²) in [4.78, 5) is 13.7. The van der Waals surface area contributed by atoms with E-state index in [1.807, 2.05) is 0 Å². The van der Waals surface area contributed by atoms with Crippen LogP contribution in [0.3, 0.4) is 0 Å². The van der Waals surface area contributed by atoms with E-state index in [2.05, 4.69) is 10.2 Å². The number of ether oxygens (including phenoxy) is 1. The monoisotopic (exact) mass is 242 g/mol. The Kier molecular flexibility index (Phi) is 4.36. The zero-order valence-corrected chi connectivity index (χ0v) is 10.3. The van der Waals surface area contributed by atoms with Crippen LogP contribution in [0.4, 0.5) is 0 Å². The first-order valence-electron chi connectivity index (χ1n) is 6.51. The van der Waals surface area contributed by atoms with Gasteiger partial charge in [0.25, 0.3) is 0 Å². The van der Waals surface area contributed by atoms with Gasteiger partial charge in [0.15, 0.2) is 0 Å². The van der Waals surface area contributed by atoms with Gasteiger partial charge in [-0.25, -0.2) is 0 Å². The summed E-state index contributed by atoms with van der Waals surface area (Å²) in [6, 6.07) is 0. The molecular formula is C12H22N2O3. The van der Waals surface area contributed by atoms with Crippen molar-refractivity contribution in [3.63, 3.8) is 0 Å². The van der Waals surface area contributed by atoms with E-state index in [0.29, 0.717) is 6.42 Å². The second kappa shape index (κ2) is 5.80. The molecule has 0 aromatic carbocycles. The molecule has 0 radical (unpaired) electrons. The molecule has 2 heterocycles. The van der Waals surface area contributed by atoms with Crippen molar-refractivity contribution in [1.29, 1.82) is 0 Å². The van der Waals surface area contributed by atoms with Gasteiger partial charge in [-0.15, -0.1) is 0 Å². The Bertz CT molecular complexity index is 258. The minimum Gasteiger partial charge on any atom is -0.480 e. The summed E-state index contributed by atoms with van der Waals surface area (Å²) >= 11 is 0. The fourth-order valence-corrected chi connectivity index (χ4v) is 2.64. The summed E-state index contributed by atoms with van der Waals surface area (Å²) in [7, 11) is 0. The van der Waals surface area contributed by atoms with Crippen LogP contribution in [0.25, 0.3) is 0 Å². The normalized spacial score (nSPS) is 31.3. The van der Waals surface area contributed by atoms with Crippen molar-refractivity contribution in [2.75, 3.05) is 39.4 Å². The van der Waals surface area contributed by atoms with Crippen LogP contribution < -0.4 is 5.32 Å². The lowest BCUT2D eigenvalue weighted by molar-refractivity contribution is -0.146. The number of carboxylic acid groups (broad SMARTS) is 1. The van der Waals surface area contributed by atoms with Crippen molar-refractivity contribution >= 4 is 5.97 Å². The van der Waals surface area contributed by atoms with Gasteiger partial charge in [0.05, 0.1) is 13.2 Å². The Balaban J connectivity index is 1.86. The average Bonchev–Trinajstić information content (AvgIpc) is 2.38. The number of nitrogens with one attached hydrogen (secondary N) is 1. The fraction of sp³-hybridized carbons (Fsp3) is 0.917. The largest absolute Gasteiger partial charge is 0.480 e. The third-order valence-electron chi connectivity index (χ3n) is 3.86. The van der Waals surface area contributed by atoms with Crippen molar-refractivity contribution in [3.8, 4) is 0 Å². The molecule has 0 aromatic rings. The predicted molar refractivity (Wildman–Crippen MR) is 64.1 cm³/mol. The van der Waals surface area contributed by atoms with Crippen LogP contribution in [0.1, 0.15) is 25.7 Å². The molecule has 0 bridgehead atoms. The van der Waals surface area contributed by atoms with Crippen LogP contribution in [0.5, 0.6) is 0 Å². The van der Waals surface area contributed by atoms with E-state index in [0.717, 1.165) is 58.7 Å². The maximum Gasteiger partial charge on any atom is 0.323 e. The lowest BCUT2D eigenvalue weighted by Gasteiger charge is -2.37. The van der Waals surface area contributed by atoms with Gasteiger partial charge in [-0.05, 0) is 32.2 Å². The zero-order chi connectivity index (χ0) is 12.1. The van der Waals surface area contributed by atoms with E-state index >= 15 is 0 Å². The number of aliphatic carboxylic acids is 1. The highest BCUT2D eigenvalue weighted by Gasteiger charge is 2.39. The first-order chi connectivity index (χ1) is 8.23. The van der Waals surface area contributed by atoms with Crippen molar-refractivity contribution in [3.05, 3.63) is 0 Å². The lowest BCUT2D eigenvalue weighted by Crippen LogP contribution is -2.56. The highest BCUT2D eigenvalue weighted by atomic mass is 16.5. The number of rotatable bonds is 4. The van der Waals surface area contributed by atoms with Crippen molar-refractivity contribution in [1.82, 2.24) is 10.2 Å². The van der Waals surface area contributed by atoms with Gasteiger partial charge in [0, 0.05) is 19.6 Å². The molecule has 1 unspecified atom stereocenters. The van der Waals surface area contributed by atoms with E-state index in [9.17, 15) is 9.90 Å². The number of nitrogens with zero attached hydrogens (tertiary/aromatic N) is 1. The molecule has 0 amide bonds. The van der Waals surface area contributed by atoms with Crippen LogP contribution in [0.15, 0.2) is 0 Å². The third kappa shape index (κ3) is 3.18. The Labute approximate surface area is 102 Å². The summed E-state index contributed by atoms with van der Waals surface area (Å²) < 4.78 is 5.29. The Morgan fingerprint density at radius 2 is 2.12 bits per heavy atom. The molecule has 2 fully saturated rings. The molecule has 0 spiro atoms. The second-order valence-electron chi connectivity index (χ2n) is 4.98. The minimum absolute atomic E-state index is 0.684. The van der Waals surface area contributed by atoms with E-state index in [-0.39, 0.29) is 0 Å². The standard InChI is InChI=1S/C12H22N2O3/c15-11(16)12(3-1-2-5-13-12)4-6-14-7-9-17-10-8-14/h13H,1-10H2,(H,15,16). The summed E-state index contributed by atoms with van der Waals surface area (Å²) in [6.45, 7) is 5.07. The van der Waals surface area contributed by atoms with E-state index in [4.69, 9.17) is 4.74 Å². The van der Waals surface area contributed by atoms with Crippen LogP contribution in [0, 0.1) is 0 Å². The number of carbonyl (C=O) groups is 1. The maximum absolute atomic E-state index is 11.4. The molecule has 2 rings (SSSR count). The number of hydrogen-bond acceptors (Lipinski definition) is 4. The van der Waals surface area contributed by atoms with Gasteiger partial charge < -0.3 is 15.2 Å². The maximum atomic E-state index is 11.4. The predicted octanol–water partition coefficient (Wildman–Crippen LogP) is 0.306. The lowest BCUT2D eigenvalue weighted by atomic mass is 9.85. The van der Waals surface area contributed by atoms with Crippen molar-refractivity contribution in [2.45, 2.75) is 31.2 Å². The van der Waals surface area contributed by atoms with E-state index in [1.54, 1.807) is 0 Å². The summed E-state index contributed by atoms with van der Waals surface area (Å²) in [5.74, 6) is -0.689. The molecule has 98 valence electrons. The molecule has 2 saturated heterocycles. The SMILES string of the molecule is O=C(O)C1(CCN2CCOCC2)CCCCN1. The molecule has 1 atom stereocenters. The average molecular weight is 242 g/mol.